The minimum Gasteiger partial charge on any atom is -0.376 e. The van der Waals surface area contributed by atoms with Crippen LogP contribution in [0.2, 0.25) is 0 Å². The van der Waals surface area contributed by atoms with Crippen molar-refractivity contribution in [3.63, 3.8) is 0 Å². The Labute approximate surface area is 187 Å². The molecule has 0 radical (unpaired) electrons. The molecule has 0 saturated carbocycles. The van der Waals surface area contributed by atoms with Gasteiger partial charge < -0.3 is 10.1 Å². The molecule has 0 spiro atoms. The van der Waals surface area contributed by atoms with Crippen molar-refractivity contribution in [1.82, 2.24) is 9.55 Å². The highest BCUT2D eigenvalue weighted by atomic mass is 32.2. The number of aromatic nitrogens is 2. The van der Waals surface area contributed by atoms with Gasteiger partial charge in [0.2, 0.25) is 11.7 Å². The molecule has 11 heteroatoms. The minimum absolute atomic E-state index is 0.0280. The van der Waals surface area contributed by atoms with E-state index in [9.17, 15) is 24.1 Å². The standard InChI is InChI=1S/C21H23FN4O5S/c22-16-8-7-13(10-18(16)26(29)30)23-19(27)12-32-20-15-5-1-2-6-17(15)25(21(28)24-20)11-14-4-3-9-31-14/h7-8,10,14H,1-6,9,11-12H2,(H,23,27). The number of nitrogens with zero attached hydrogens (tertiary/aromatic N) is 3. The van der Waals surface area contributed by atoms with Crippen LogP contribution in [0.5, 0.6) is 0 Å². The molecular weight excluding hydrogens is 439 g/mol. The van der Waals surface area contributed by atoms with E-state index in [1.54, 1.807) is 4.57 Å². The molecule has 9 nitrogen and oxygen atoms in total. The summed E-state index contributed by atoms with van der Waals surface area (Å²) in [5, 5.41) is 14.0. The van der Waals surface area contributed by atoms with Crippen LogP contribution in [0.3, 0.4) is 0 Å². The summed E-state index contributed by atoms with van der Waals surface area (Å²) in [7, 11) is 0. The average molecular weight is 463 g/mol. The largest absolute Gasteiger partial charge is 0.376 e. The van der Waals surface area contributed by atoms with Crippen molar-refractivity contribution in [3.05, 3.63) is 55.9 Å². The number of nitro benzene ring substituents is 1. The van der Waals surface area contributed by atoms with Crippen molar-refractivity contribution in [2.45, 2.75) is 56.2 Å². The summed E-state index contributed by atoms with van der Waals surface area (Å²) in [4.78, 5) is 39.4. The van der Waals surface area contributed by atoms with Gasteiger partial charge in [0.05, 0.1) is 23.3 Å². The molecule has 1 aromatic carbocycles. The second kappa shape index (κ2) is 9.78. The van der Waals surface area contributed by atoms with E-state index < -0.39 is 22.3 Å². The SMILES string of the molecule is O=C(CSc1nc(=O)n(CC2CCCO2)c2c1CCCC2)Nc1ccc(F)c([N+](=O)[O-])c1. The Morgan fingerprint density at radius 1 is 1.34 bits per heavy atom. The van der Waals surface area contributed by atoms with Gasteiger partial charge in [-0.05, 0) is 50.7 Å². The number of anilines is 1. The molecule has 2 heterocycles. The maximum absolute atomic E-state index is 13.5. The number of nitrogens with one attached hydrogen (secondary N) is 1. The Bertz CT molecular complexity index is 1100. The van der Waals surface area contributed by atoms with E-state index >= 15 is 0 Å². The van der Waals surface area contributed by atoms with Gasteiger partial charge in [0.25, 0.3) is 0 Å². The van der Waals surface area contributed by atoms with Gasteiger partial charge in [-0.2, -0.15) is 9.37 Å². The highest BCUT2D eigenvalue weighted by molar-refractivity contribution is 8.00. The Hall–Kier alpha value is -2.79. The lowest BCUT2D eigenvalue weighted by Gasteiger charge is -2.24. The fourth-order valence-corrected chi connectivity index (χ4v) is 4.99. The van der Waals surface area contributed by atoms with E-state index in [4.69, 9.17) is 4.74 Å². The van der Waals surface area contributed by atoms with E-state index in [0.717, 1.165) is 68.5 Å². The molecule has 4 rings (SSSR count). The zero-order valence-electron chi connectivity index (χ0n) is 17.3. The summed E-state index contributed by atoms with van der Waals surface area (Å²) in [5.74, 6) is -1.42. The van der Waals surface area contributed by atoms with Crippen LogP contribution in [0.25, 0.3) is 0 Å². The molecule has 1 fully saturated rings. The number of hydrogen-bond donors (Lipinski definition) is 1. The number of benzene rings is 1. The number of rotatable bonds is 7. The van der Waals surface area contributed by atoms with Gasteiger partial charge in [-0.25, -0.2) is 4.79 Å². The Morgan fingerprint density at radius 2 is 2.16 bits per heavy atom. The summed E-state index contributed by atoms with van der Waals surface area (Å²) < 4.78 is 20.9. The molecule has 2 aromatic rings. The zero-order chi connectivity index (χ0) is 22.7. The van der Waals surface area contributed by atoms with Gasteiger partial charge in [0.1, 0.15) is 5.03 Å². The highest BCUT2D eigenvalue weighted by Crippen LogP contribution is 2.29. The molecule has 0 bridgehead atoms. The number of fused-ring (bicyclic) bond motifs is 1. The van der Waals surface area contributed by atoms with E-state index in [2.05, 4.69) is 10.3 Å². The summed E-state index contributed by atoms with van der Waals surface area (Å²) in [6.45, 7) is 1.22. The van der Waals surface area contributed by atoms with Crippen molar-refractivity contribution >= 4 is 29.0 Å². The smallest absolute Gasteiger partial charge is 0.348 e. The third-order valence-electron chi connectivity index (χ3n) is 5.63. The normalized spacial score (nSPS) is 17.7. The summed E-state index contributed by atoms with van der Waals surface area (Å²) in [6, 6.07) is 3.17. The highest BCUT2D eigenvalue weighted by Gasteiger charge is 2.24. The van der Waals surface area contributed by atoms with Crippen LogP contribution >= 0.6 is 11.8 Å². The topological polar surface area (TPSA) is 116 Å². The fraction of sp³-hybridized carbons (Fsp3) is 0.476. The number of halogens is 1. The molecule has 1 saturated heterocycles. The van der Waals surface area contributed by atoms with Crippen LogP contribution < -0.4 is 11.0 Å². The number of carbonyl (C=O) groups is 1. The van der Waals surface area contributed by atoms with Crippen LogP contribution in [0.15, 0.2) is 28.0 Å². The van der Waals surface area contributed by atoms with Crippen molar-refractivity contribution in [1.29, 1.82) is 0 Å². The number of hydrogen-bond acceptors (Lipinski definition) is 7. The molecule has 32 heavy (non-hydrogen) atoms. The van der Waals surface area contributed by atoms with Gasteiger partial charge in [-0.15, -0.1) is 0 Å². The van der Waals surface area contributed by atoms with E-state index in [1.807, 2.05) is 0 Å². The van der Waals surface area contributed by atoms with E-state index in [0.29, 0.717) is 11.6 Å². The second-order valence-electron chi connectivity index (χ2n) is 7.84. The Balaban J connectivity index is 1.48. The quantitative estimate of drug-likeness (QED) is 0.291. The van der Waals surface area contributed by atoms with Gasteiger partial charge in [0.15, 0.2) is 0 Å². The number of nitro groups is 1. The summed E-state index contributed by atoms with van der Waals surface area (Å²) in [5.41, 5.74) is 1.07. The second-order valence-corrected chi connectivity index (χ2v) is 8.80. The lowest BCUT2D eigenvalue weighted by molar-refractivity contribution is -0.387. The number of carbonyl (C=O) groups excluding carboxylic acids is 1. The molecule has 1 atom stereocenters. The maximum atomic E-state index is 13.5. The van der Waals surface area contributed by atoms with Crippen molar-refractivity contribution in [2.24, 2.45) is 0 Å². The molecule has 1 unspecified atom stereocenters. The number of thioether (sulfide) groups is 1. The molecule has 1 N–H and O–H groups in total. The van der Waals surface area contributed by atoms with Crippen LogP contribution in [0, 0.1) is 15.9 Å². The van der Waals surface area contributed by atoms with Crippen molar-refractivity contribution in [3.8, 4) is 0 Å². The van der Waals surface area contributed by atoms with Crippen LogP contribution in [-0.2, 0) is 28.9 Å². The zero-order valence-corrected chi connectivity index (χ0v) is 18.2. The van der Waals surface area contributed by atoms with Crippen LogP contribution in [0.4, 0.5) is 15.8 Å². The summed E-state index contributed by atoms with van der Waals surface area (Å²) in [6.07, 6.45) is 5.53. The van der Waals surface area contributed by atoms with Gasteiger partial charge >= 0.3 is 11.4 Å². The van der Waals surface area contributed by atoms with Crippen molar-refractivity contribution in [2.75, 3.05) is 17.7 Å². The third-order valence-corrected chi connectivity index (χ3v) is 6.65. The lowest BCUT2D eigenvalue weighted by atomic mass is 9.97. The predicted octanol–water partition coefficient (Wildman–Crippen LogP) is 3.08. The number of ether oxygens (including phenoxy) is 1. The monoisotopic (exact) mass is 462 g/mol. The van der Waals surface area contributed by atoms with E-state index in [1.165, 1.54) is 17.8 Å². The first kappa shape index (κ1) is 22.4. The molecule has 1 aromatic heterocycles. The Kier molecular flexibility index (Phi) is 6.85. The van der Waals surface area contributed by atoms with Crippen LogP contribution in [0.1, 0.15) is 36.9 Å². The first-order chi connectivity index (χ1) is 15.4. The predicted molar refractivity (Wildman–Crippen MR) is 117 cm³/mol. The van der Waals surface area contributed by atoms with Gasteiger partial charge in [-0.1, -0.05) is 11.8 Å². The minimum atomic E-state index is -0.971. The first-order valence-electron chi connectivity index (χ1n) is 10.5. The third kappa shape index (κ3) is 4.99. The molecule has 1 amide bonds. The van der Waals surface area contributed by atoms with Gasteiger partial charge in [0, 0.05) is 29.6 Å². The molecule has 2 aliphatic rings. The lowest BCUT2D eigenvalue weighted by Crippen LogP contribution is -2.34. The first-order valence-corrected chi connectivity index (χ1v) is 11.5. The van der Waals surface area contributed by atoms with Crippen molar-refractivity contribution < 1.29 is 18.8 Å². The molecule has 1 aliphatic heterocycles. The number of amides is 1. The maximum Gasteiger partial charge on any atom is 0.348 e. The van der Waals surface area contributed by atoms with E-state index in [-0.39, 0.29) is 23.2 Å². The fourth-order valence-electron chi connectivity index (χ4n) is 4.11. The molecule has 1 aliphatic carbocycles. The Morgan fingerprint density at radius 3 is 2.91 bits per heavy atom. The molecular formula is C21H23FN4O5S. The summed E-state index contributed by atoms with van der Waals surface area (Å²) >= 11 is 1.17. The average Bonchev–Trinajstić information content (AvgIpc) is 3.29. The molecule has 170 valence electrons. The van der Waals surface area contributed by atoms with Gasteiger partial charge in [-0.3, -0.25) is 19.5 Å². The van der Waals surface area contributed by atoms with Crippen LogP contribution in [-0.4, -0.2) is 38.8 Å².